The fourth-order valence-corrected chi connectivity index (χ4v) is 1.87. The monoisotopic (exact) mass is 250 g/mol. The number of hydrogen-bond donors (Lipinski definition) is 3. The molecule has 7 heteroatoms. The largest absolute Gasteiger partial charge is 0.507 e. The highest BCUT2D eigenvalue weighted by atomic mass is 16.6. The standard InChI is InChI=1S/C11H10N2O5/c14-8-3-2-7(13(17)18)11-10(8)6(5-12-11)1-4-9(15)16/h2-3,5,12,14H,1,4H2,(H,15,16). The van der Waals surface area contributed by atoms with Crippen LogP contribution in [0, 0.1) is 10.1 Å². The summed E-state index contributed by atoms with van der Waals surface area (Å²) in [6.45, 7) is 0. The zero-order valence-corrected chi connectivity index (χ0v) is 9.21. The number of nitro benzene ring substituents is 1. The predicted molar refractivity (Wildman–Crippen MR) is 62.6 cm³/mol. The molecule has 0 aliphatic carbocycles. The summed E-state index contributed by atoms with van der Waals surface area (Å²) in [6.07, 6.45) is 1.58. The number of phenols is 1. The average molecular weight is 250 g/mol. The maximum atomic E-state index is 10.8. The van der Waals surface area contributed by atoms with Gasteiger partial charge >= 0.3 is 5.97 Å². The first-order chi connectivity index (χ1) is 8.50. The minimum absolute atomic E-state index is 0.0998. The van der Waals surface area contributed by atoms with Gasteiger partial charge in [0, 0.05) is 18.7 Å². The van der Waals surface area contributed by atoms with E-state index >= 15 is 0 Å². The van der Waals surface area contributed by atoms with Crippen LogP contribution in [0.3, 0.4) is 0 Å². The number of hydrogen-bond acceptors (Lipinski definition) is 4. The third kappa shape index (κ3) is 1.97. The first kappa shape index (κ1) is 11.9. The van der Waals surface area contributed by atoms with E-state index in [1.54, 1.807) is 0 Å². The van der Waals surface area contributed by atoms with E-state index in [2.05, 4.69) is 4.98 Å². The number of carbonyl (C=O) groups is 1. The summed E-state index contributed by atoms with van der Waals surface area (Å²) in [5, 5.41) is 29.5. The first-order valence-corrected chi connectivity index (χ1v) is 5.19. The Hall–Kier alpha value is -2.57. The van der Waals surface area contributed by atoms with Crippen molar-refractivity contribution in [1.82, 2.24) is 4.98 Å². The molecular weight excluding hydrogens is 240 g/mol. The summed E-state index contributed by atoms with van der Waals surface area (Å²) in [6, 6.07) is 2.44. The van der Waals surface area contributed by atoms with Crippen molar-refractivity contribution in [3.63, 3.8) is 0 Å². The molecule has 0 aliphatic heterocycles. The highest BCUT2D eigenvalue weighted by Gasteiger charge is 2.18. The molecule has 7 nitrogen and oxygen atoms in total. The molecule has 1 aromatic heterocycles. The summed E-state index contributed by atoms with van der Waals surface area (Å²) in [5.41, 5.74) is 0.610. The summed E-state index contributed by atoms with van der Waals surface area (Å²) in [7, 11) is 0. The Labute approximate surface area is 101 Å². The Bertz CT molecular complexity index is 632. The molecule has 18 heavy (non-hydrogen) atoms. The van der Waals surface area contributed by atoms with Gasteiger partial charge in [-0.05, 0) is 18.1 Å². The fourth-order valence-electron chi connectivity index (χ4n) is 1.87. The number of carboxylic acids is 1. The van der Waals surface area contributed by atoms with Gasteiger partial charge in [-0.15, -0.1) is 0 Å². The molecule has 0 radical (unpaired) electrons. The molecule has 0 saturated carbocycles. The van der Waals surface area contributed by atoms with Crippen LogP contribution in [0.5, 0.6) is 5.75 Å². The Morgan fingerprint density at radius 3 is 2.78 bits per heavy atom. The maximum Gasteiger partial charge on any atom is 0.303 e. The lowest BCUT2D eigenvalue weighted by Crippen LogP contribution is -1.96. The molecule has 0 spiro atoms. The minimum Gasteiger partial charge on any atom is -0.507 e. The van der Waals surface area contributed by atoms with E-state index < -0.39 is 10.9 Å². The van der Waals surface area contributed by atoms with Crippen molar-refractivity contribution < 1.29 is 19.9 Å². The lowest BCUT2D eigenvalue weighted by Gasteiger charge is -2.00. The lowest BCUT2D eigenvalue weighted by molar-refractivity contribution is -0.383. The van der Waals surface area contributed by atoms with E-state index in [1.165, 1.54) is 18.3 Å². The number of H-pyrrole nitrogens is 1. The summed E-state index contributed by atoms with van der Waals surface area (Å²) < 4.78 is 0. The molecule has 1 aromatic carbocycles. The van der Waals surface area contributed by atoms with Gasteiger partial charge in [0.2, 0.25) is 0 Å². The molecule has 0 bridgehead atoms. The van der Waals surface area contributed by atoms with E-state index in [9.17, 15) is 20.0 Å². The molecule has 0 unspecified atom stereocenters. The van der Waals surface area contributed by atoms with Gasteiger partial charge in [-0.2, -0.15) is 0 Å². The van der Waals surface area contributed by atoms with Gasteiger partial charge in [-0.3, -0.25) is 14.9 Å². The summed E-state index contributed by atoms with van der Waals surface area (Å²) in [4.78, 5) is 23.5. The Morgan fingerprint density at radius 1 is 1.44 bits per heavy atom. The molecule has 0 atom stereocenters. The Balaban J connectivity index is 2.54. The minimum atomic E-state index is -0.964. The van der Waals surface area contributed by atoms with Crippen molar-refractivity contribution in [3.05, 3.63) is 34.0 Å². The molecule has 0 amide bonds. The number of fused-ring (bicyclic) bond motifs is 1. The topological polar surface area (TPSA) is 116 Å². The van der Waals surface area contributed by atoms with Crippen molar-refractivity contribution in [2.75, 3.05) is 0 Å². The van der Waals surface area contributed by atoms with E-state index in [0.29, 0.717) is 10.9 Å². The fraction of sp³-hybridized carbons (Fsp3) is 0.182. The molecule has 2 rings (SSSR count). The van der Waals surface area contributed by atoms with Crippen LogP contribution < -0.4 is 0 Å². The van der Waals surface area contributed by atoms with Gasteiger partial charge < -0.3 is 15.2 Å². The third-order valence-corrected chi connectivity index (χ3v) is 2.68. The van der Waals surface area contributed by atoms with Crippen molar-refractivity contribution in [2.24, 2.45) is 0 Å². The van der Waals surface area contributed by atoms with E-state index in [4.69, 9.17) is 5.11 Å². The molecule has 0 saturated heterocycles. The zero-order valence-electron chi connectivity index (χ0n) is 9.21. The predicted octanol–water partition coefficient (Wildman–Crippen LogP) is 1.80. The zero-order chi connectivity index (χ0) is 13.3. The molecule has 0 fully saturated rings. The number of nitrogens with zero attached hydrogens (tertiary/aromatic N) is 1. The van der Waals surface area contributed by atoms with Gasteiger partial charge in [0.05, 0.1) is 10.3 Å². The SMILES string of the molecule is O=C(O)CCc1c[nH]c2c([N+](=O)[O-])ccc(O)c12. The molecule has 3 N–H and O–H groups in total. The number of non-ortho nitro benzene ring substituents is 1. The lowest BCUT2D eigenvalue weighted by atomic mass is 10.1. The number of phenolic OH excluding ortho intramolecular Hbond substituents is 1. The van der Waals surface area contributed by atoms with Gasteiger partial charge in [0.1, 0.15) is 11.3 Å². The van der Waals surface area contributed by atoms with Gasteiger partial charge in [0.25, 0.3) is 5.69 Å². The molecule has 1 heterocycles. The molecule has 2 aromatic rings. The van der Waals surface area contributed by atoms with Crippen LogP contribution in [0.25, 0.3) is 10.9 Å². The Morgan fingerprint density at radius 2 is 2.17 bits per heavy atom. The Kier molecular flexibility index (Phi) is 2.88. The number of aromatic amines is 1. The first-order valence-electron chi connectivity index (χ1n) is 5.19. The number of aromatic nitrogens is 1. The maximum absolute atomic E-state index is 10.8. The van der Waals surface area contributed by atoms with Crippen molar-refractivity contribution >= 4 is 22.6 Å². The van der Waals surface area contributed by atoms with Crippen LogP contribution >= 0.6 is 0 Å². The van der Waals surface area contributed by atoms with Gasteiger partial charge in [0.15, 0.2) is 0 Å². The second-order valence-corrected chi connectivity index (χ2v) is 3.82. The number of aromatic hydroxyl groups is 1. The molecule has 94 valence electrons. The average Bonchev–Trinajstić information content (AvgIpc) is 2.71. The van der Waals surface area contributed by atoms with Crippen LogP contribution in [0.1, 0.15) is 12.0 Å². The smallest absolute Gasteiger partial charge is 0.303 e. The van der Waals surface area contributed by atoms with Gasteiger partial charge in [-0.25, -0.2) is 0 Å². The van der Waals surface area contributed by atoms with Crippen LogP contribution in [0.15, 0.2) is 18.3 Å². The van der Waals surface area contributed by atoms with E-state index in [-0.39, 0.29) is 29.8 Å². The number of benzene rings is 1. The quantitative estimate of drug-likeness (QED) is 0.565. The number of nitrogens with one attached hydrogen (secondary N) is 1. The number of nitro groups is 1. The van der Waals surface area contributed by atoms with Gasteiger partial charge in [-0.1, -0.05) is 0 Å². The van der Waals surface area contributed by atoms with Crippen molar-refractivity contribution in [3.8, 4) is 5.75 Å². The molecule has 0 aliphatic rings. The third-order valence-electron chi connectivity index (χ3n) is 2.68. The van der Waals surface area contributed by atoms with Crippen molar-refractivity contribution in [2.45, 2.75) is 12.8 Å². The van der Waals surface area contributed by atoms with Crippen LogP contribution in [-0.4, -0.2) is 26.1 Å². The summed E-state index contributed by atoms with van der Waals surface area (Å²) in [5.74, 6) is -1.06. The highest BCUT2D eigenvalue weighted by Crippen LogP contribution is 2.34. The van der Waals surface area contributed by atoms with E-state index in [0.717, 1.165) is 0 Å². The number of aryl methyl sites for hydroxylation is 1. The number of rotatable bonds is 4. The van der Waals surface area contributed by atoms with Crippen LogP contribution in [0.4, 0.5) is 5.69 Å². The molecular formula is C11H10N2O5. The van der Waals surface area contributed by atoms with Crippen LogP contribution in [-0.2, 0) is 11.2 Å². The van der Waals surface area contributed by atoms with E-state index in [1.807, 2.05) is 0 Å². The second kappa shape index (κ2) is 4.36. The second-order valence-electron chi connectivity index (χ2n) is 3.82. The summed E-state index contributed by atoms with van der Waals surface area (Å²) >= 11 is 0. The number of carboxylic acid groups (broad SMARTS) is 1. The van der Waals surface area contributed by atoms with Crippen molar-refractivity contribution in [1.29, 1.82) is 0 Å². The highest BCUT2D eigenvalue weighted by molar-refractivity contribution is 5.95. The van der Waals surface area contributed by atoms with Crippen LogP contribution in [0.2, 0.25) is 0 Å². The number of aliphatic carboxylic acids is 1. The normalized spacial score (nSPS) is 10.7.